The summed E-state index contributed by atoms with van der Waals surface area (Å²) in [6, 6.07) is 7.65. The molecule has 0 fully saturated rings. The standard InChI is InChI=1S/C13H13ClN2O/c14-10-4-2-1-3-9(10)13-15-11-6-5-8(17)7-12(11)16-13/h1-4,8,17H,5-7H2,(H,15,16). The summed E-state index contributed by atoms with van der Waals surface area (Å²) < 4.78 is 0. The molecule has 0 saturated carbocycles. The first-order valence-corrected chi connectivity index (χ1v) is 6.12. The predicted octanol–water partition coefficient (Wildman–Crippen LogP) is 2.58. The van der Waals surface area contributed by atoms with E-state index < -0.39 is 0 Å². The number of imidazole rings is 1. The van der Waals surface area contributed by atoms with Crippen LogP contribution in [0.5, 0.6) is 0 Å². The number of nitrogens with zero attached hydrogens (tertiary/aromatic N) is 1. The Labute approximate surface area is 104 Å². The van der Waals surface area contributed by atoms with Gasteiger partial charge in [0.15, 0.2) is 0 Å². The third-order valence-corrected chi connectivity index (χ3v) is 3.48. The quantitative estimate of drug-likeness (QED) is 0.815. The molecule has 0 aliphatic heterocycles. The number of aromatic amines is 1. The second-order valence-electron chi connectivity index (χ2n) is 4.39. The monoisotopic (exact) mass is 248 g/mol. The fraction of sp³-hybridized carbons (Fsp3) is 0.308. The summed E-state index contributed by atoms with van der Waals surface area (Å²) in [5.41, 5.74) is 3.02. The van der Waals surface area contributed by atoms with Crippen LogP contribution >= 0.6 is 11.6 Å². The van der Waals surface area contributed by atoms with E-state index in [2.05, 4.69) is 9.97 Å². The number of halogens is 1. The summed E-state index contributed by atoms with van der Waals surface area (Å²) >= 11 is 6.14. The Morgan fingerprint density at radius 2 is 2.18 bits per heavy atom. The average molecular weight is 249 g/mol. The molecule has 1 aliphatic carbocycles. The first-order valence-electron chi connectivity index (χ1n) is 5.75. The van der Waals surface area contributed by atoms with Gasteiger partial charge in [0.25, 0.3) is 0 Å². The van der Waals surface area contributed by atoms with Crippen molar-refractivity contribution in [3.8, 4) is 11.4 Å². The van der Waals surface area contributed by atoms with Gasteiger partial charge in [0.05, 0.1) is 16.8 Å². The fourth-order valence-corrected chi connectivity index (χ4v) is 2.47. The summed E-state index contributed by atoms with van der Waals surface area (Å²) in [7, 11) is 0. The lowest BCUT2D eigenvalue weighted by atomic mass is 9.99. The van der Waals surface area contributed by atoms with Gasteiger partial charge in [0, 0.05) is 17.7 Å². The number of aryl methyl sites for hydroxylation is 1. The number of fused-ring (bicyclic) bond motifs is 1. The van der Waals surface area contributed by atoms with Crippen molar-refractivity contribution in [2.24, 2.45) is 0 Å². The van der Waals surface area contributed by atoms with Crippen LogP contribution < -0.4 is 0 Å². The number of aliphatic hydroxyl groups is 1. The molecule has 0 spiro atoms. The molecule has 1 unspecified atom stereocenters. The average Bonchev–Trinajstić information content (AvgIpc) is 2.72. The van der Waals surface area contributed by atoms with Crippen LogP contribution in [0.3, 0.4) is 0 Å². The molecule has 2 aromatic rings. The summed E-state index contributed by atoms with van der Waals surface area (Å²) in [6.45, 7) is 0. The Morgan fingerprint density at radius 1 is 1.35 bits per heavy atom. The molecule has 3 rings (SSSR count). The van der Waals surface area contributed by atoms with E-state index in [1.54, 1.807) is 0 Å². The van der Waals surface area contributed by atoms with Crippen molar-refractivity contribution >= 4 is 11.6 Å². The lowest BCUT2D eigenvalue weighted by Gasteiger charge is -2.14. The maximum atomic E-state index is 9.62. The highest BCUT2D eigenvalue weighted by atomic mass is 35.5. The number of hydrogen-bond donors (Lipinski definition) is 2. The summed E-state index contributed by atoms with van der Waals surface area (Å²) in [5.74, 6) is 0.801. The molecular formula is C13H13ClN2O. The molecule has 1 atom stereocenters. The molecule has 4 heteroatoms. The first kappa shape index (κ1) is 10.8. The minimum atomic E-state index is -0.248. The van der Waals surface area contributed by atoms with Crippen LogP contribution in [-0.4, -0.2) is 21.2 Å². The van der Waals surface area contributed by atoms with Gasteiger partial charge < -0.3 is 10.1 Å². The highest BCUT2D eigenvalue weighted by molar-refractivity contribution is 6.33. The summed E-state index contributed by atoms with van der Waals surface area (Å²) in [4.78, 5) is 7.83. The van der Waals surface area contributed by atoms with Gasteiger partial charge in [0.2, 0.25) is 0 Å². The second kappa shape index (κ2) is 4.17. The van der Waals surface area contributed by atoms with E-state index in [9.17, 15) is 5.11 Å². The fourth-order valence-electron chi connectivity index (χ4n) is 2.24. The molecule has 0 amide bonds. The Balaban J connectivity index is 2.03. The van der Waals surface area contributed by atoms with Crippen molar-refractivity contribution in [1.29, 1.82) is 0 Å². The van der Waals surface area contributed by atoms with Crippen molar-refractivity contribution in [2.75, 3.05) is 0 Å². The molecule has 2 N–H and O–H groups in total. The number of rotatable bonds is 1. The molecule has 1 heterocycles. The third-order valence-electron chi connectivity index (χ3n) is 3.15. The Bertz CT molecular complexity index is 550. The van der Waals surface area contributed by atoms with E-state index in [1.807, 2.05) is 24.3 Å². The van der Waals surface area contributed by atoms with Crippen LogP contribution in [-0.2, 0) is 12.8 Å². The highest BCUT2D eigenvalue weighted by Crippen LogP contribution is 2.28. The highest BCUT2D eigenvalue weighted by Gasteiger charge is 2.21. The number of aromatic nitrogens is 2. The largest absolute Gasteiger partial charge is 0.393 e. The van der Waals surface area contributed by atoms with Crippen molar-refractivity contribution in [3.63, 3.8) is 0 Å². The van der Waals surface area contributed by atoms with Gasteiger partial charge >= 0.3 is 0 Å². The molecule has 88 valence electrons. The van der Waals surface area contributed by atoms with Crippen LogP contribution in [0.2, 0.25) is 5.02 Å². The van der Waals surface area contributed by atoms with E-state index in [1.165, 1.54) is 0 Å². The second-order valence-corrected chi connectivity index (χ2v) is 4.79. The maximum Gasteiger partial charge on any atom is 0.139 e. The van der Waals surface area contributed by atoms with Gasteiger partial charge in [0.1, 0.15) is 5.82 Å². The molecule has 3 nitrogen and oxygen atoms in total. The zero-order valence-corrected chi connectivity index (χ0v) is 10.0. The van der Waals surface area contributed by atoms with E-state index in [-0.39, 0.29) is 6.10 Å². The van der Waals surface area contributed by atoms with Gasteiger partial charge in [-0.2, -0.15) is 0 Å². The van der Waals surface area contributed by atoms with Gasteiger partial charge in [-0.25, -0.2) is 4.98 Å². The smallest absolute Gasteiger partial charge is 0.139 e. The van der Waals surface area contributed by atoms with Crippen LogP contribution in [0.15, 0.2) is 24.3 Å². The lowest BCUT2D eigenvalue weighted by Crippen LogP contribution is -2.18. The summed E-state index contributed by atoms with van der Waals surface area (Å²) in [5, 5.41) is 10.3. The van der Waals surface area contributed by atoms with Crippen molar-refractivity contribution in [3.05, 3.63) is 40.7 Å². The lowest BCUT2D eigenvalue weighted by molar-refractivity contribution is 0.157. The Hall–Kier alpha value is -1.32. The minimum Gasteiger partial charge on any atom is -0.393 e. The molecule has 0 bridgehead atoms. The zero-order chi connectivity index (χ0) is 11.8. The molecule has 1 aromatic carbocycles. The topological polar surface area (TPSA) is 48.9 Å². The number of aliphatic hydroxyl groups excluding tert-OH is 1. The first-order chi connectivity index (χ1) is 8.24. The number of benzene rings is 1. The SMILES string of the molecule is OC1CCc2nc(-c3ccccc3Cl)[nH]c2C1. The van der Waals surface area contributed by atoms with Crippen LogP contribution in [0, 0.1) is 0 Å². The van der Waals surface area contributed by atoms with Gasteiger partial charge in [-0.3, -0.25) is 0 Å². The number of H-pyrrole nitrogens is 1. The van der Waals surface area contributed by atoms with Crippen LogP contribution in [0.1, 0.15) is 17.8 Å². The van der Waals surface area contributed by atoms with Crippen molar-refractivity contribution < 1.29 is 5.11 Å². The number of nitrogens with one attached hydrogen (secondary N) is 1. The number of hydrogen-bond acceptors (Lipinski definition) is 2. The predicted molar refractivity (Wildman–Crippen MR) is 67.1 cm³/mol. The van der Waals surface area contributed by atoms with Crippen molar-refractivity contribution in [2.45, 2.75) is 25.4 Å². The summed E-state index contributed by atoms with van der Waals surface area (Å²) in [6.07, 6.45) is 2.03. The van der Waals surface area contributed by atoms with E-state index >= 15 is 0 Å². The van der Waals surface area contributed by atoms with E-state index in [0.29, 0.717) is 11.4 Å². The normalized spacial score (nSPS) is 19.1. The Morgan fingerprint density at radius 3 is 3.00 bits per heavy atom. The van der Waals surface area contributed by atoms with Gasteiger partial charge in [-0.15, -0.1) is 0 Å². The van der Waals surface area contributed by atoms with E-state index in [0.717, 1.165) is 35.6 Å². The Kier molecular flexibility index (Phi) is 2.65. The molecule has 1 aromatic heterocycles. The third kappa shape index (κ3) is 1.96. The molecular weight excluding hydrogens is 236 g/mol. The minimum absolute atomic E-state index is 0.248. The van der Waals surface area contributed by atoms with E-state index in [4.69, 9.17) is 11.6 Å². The van der Waals surface area contributed by atoms with Gasteiger partial charge in [-0.05, 0) is 25.0 Å². The maximum absolute atomic E-state index is 9.62. The zero-order valence-electron chi connectivity index (χ0n) is 9.28. The van der Waals surface area contributed by atoms with Gasteiger partial charge in [-0.1, -0.05) is 23.7 Å². The molecule has 0 saturated heterocycles. The van der Waals surface area contributed by atoms with Crippen LogP contribution in [0.25, 0.3) is 11.4 Å². The molecule has 1 aliphatic rings. The van der Waals surface area contributed by atoms with Crippen LogP contribution in [0.4, 0.5) is 0 Å². The molecule has 0 radical (unpaired) electrons. The van der Waals surface area contributed by atoms with Crippen molar-refractivity contribution in [1.82, 2.24) is 9.97 Å². The molecule has 17 heavy (non-hydrogen) atoms.